The average Bonchev–Trinajstić information content (AvgIpc) is 2.91. The minimum atomic E-state index is -0.308. The fourth-order valence-electron chi connectivity index (χ4n) is 2.72. The van der Waals surface area contributed by atoms with Crippen LogP contribution in [0.5, 0.6) is 17.5 Å². The van der Waals surface area contributed by atoms with Gasteiger partial charge in [0.15, 0.2) is 5.65 Å². The van der Waals surface area contributed by atoms with Gasteiger partial charge in [0.25, 0.3) is 5.88 Å². The first-order valence-corrected chi connectivity index (χ1v) is 7.50. The Labute approximate surface area is 137 Å². The zero-order valence-electron chi connectivity index (χ0n) is 13.0. The summed E-state index contributed by atoms with van der Waals surface area (Å²) in [6, 6.07) is 3.43. The third kappa shape index (κ3) is 2.38. The van der Waals surface area contributed by atoms with E-state index >= 15 is 0 Å². The number of nitrogen functional groups attached to an aromatic ring is 1. The summed E-state index contributed by atoms with van der Waals surface area (Å²) in [4.78, 5) is 12.4. The average molecular weight is 328 g/mol. The van der Waals surface area contributed by atoms with Gasteiger partial charge in [-0.3, -0.25) is 0 Å². The molecule has 0 unspecified atom stereocenters. The molecule has 3 N–H and O–H groups in total. The highest BCUT2D eigenvalue weighted by Gasteiger charge is 2.32. The molecule has 124 valence electrons. The number of nitrogens with zero attached hydrogens (tertiary/aromatic N) is 5. The maximum Gasteiger partial charge on any atom is 0.253 e. The van der Waals surface area contributed by atoms with Crippen molar-refractivity contribution < 1.29 is 14.6 Å². The minimum absolute atomic E-state index is 0.0624. The molecule has 1 saturated carbocycles. The number of nitrogens with two attached hydrogens (primary N) is 1. The van der Waals surface area contributed by atoms with Gasteiger partial charge in [-0.05, 0) is 18.9 Å². The lowest BCUT2D eigenvalue weighted by Gasteiger charge is -2.31. The number of anilines is 1. The summed E-state index contributed by atoms with van der Waals surface area (Å²) in [5.74, 6) is 1.52. The van der Waals surface area contributed by atoms with E-state index in [0.717, 1.165) is 0 Å². The number of hydrogen-bond acceptors (Lipinski definition) is 8. The number of aliphatic hydroxyl groups excluding tert-OH is 1. The molecule has 9 nitrogen and oxygen atoms in total. The van der Waals surface area contributed by atoms with Gasteiger partial charge in [-0.15, -0.1) is 5.10 Å². The first-order chi connectivity index (χ1) is 11.7. The Balaban J connectivity index is 1.77. The van der Waals surface area contributed by atoms with E-state index in [9.17, 15) is 5.11 Å². The second kappa shape index (κ2) is 5.60. The summed E-state index contributed by atoms with van der Waals surface area (Å²) in [7, 11) is 1.57. The topological polar surface area (TPSA) is 121 Å². The van der Waals surface area contributed by atoms with Crippen molar-refractivity contribution in [1.29, 1.82) is 0 Å². The van der Waals surface area contributed by atoms with Crippen LogP contribution in [0.4, 0.5) is 5.82 Å². The molecule has 0 saturated heterocycles. The number of rotatable bonds is 4. The molecule has 0 radical (unpaired) electrons. The Bertz CT molecular complexity index is 890. The molecular weight excluding hydrogens is 312 g/mol. The van der Waals surface area contributed by atoms with E-state index in [2.05, 4.69) is 20.1 Å². The number of hydrogen-bond donors (Lipinski definition) is 2. The fourth-order valence-corrected chi connectivity index (χ4v) is 2.72. The Morgan fingerprint density at radius 1 is 1.29 bits per heavy atom. The summed E-state index contributed by atoms with van der Waals surface area (Å²) in [6.45, 7) is 0. The second-order valence-electron chi connectivity index (χ2n) is 5.62. The first kappa shape index (κ1) is 14.6. The van der Waals surface area contributed by atoms with Gasteiger partial charge in [-0.1, -0.05) is 0 Å². The van der Waals surface area contributed by atoms with Gasteiger partial charge in [0.05, 0.1) is 19.3 Å². The Morgan fingerprint density at radius 3 is 2.88 bits per heavy atom. The summed E-state index contributed by atoms with van der Waals surface area (Å²) in [6.07, 6.45) is 3.90. The van der Waals surface area contributed by atoms with Gasteiger partial charge in [-0.2, -0.15) is 0 Å². The number of aromatic nitrogens is 5. The molecule has 0 atom stereocenters. The van der Waals surface area contributed by atoms with Crippen LogP contribution in [0.2, 0.25) is 0 Å². The van der Waals surface area contributed by atoms with Gasteiger partial charge < -0.3 is 20.3 Å². The Hall–Kier alpha value is -2.94. The minimum Gasteiger partial charge on any atom is -0.497 e. The van der Waals surface area contributed by atoms with Gasteiger partial charge >= 0.3 is 0 Å². The Kier molecular flexibility index (Phi) is 3.42. The molecule has 0 aliphatic heterocycles. The van der Waals surface area contributed by atoms with Crippen LogP contribution in [0, 0.1) is 0 Å². The van der Waals surface area contributed by atoms with Crippen LogP contribution in [0.15, 0.2) is 24.7 Å². The molecule has 1 aliphatic carbocycles. The summed E-state index contributed by atoms with van der Waals surface area (Å²) < 4.78 is 12.7. The number of pyridine rings is 1. The van der Waals surface area contributed by atoms with Crippen LogP contribution in [0.1, 0.15) is 18.9 Å². The Morgan fingerprint density at radius 2 is 2.12 bits per heavy atom. The van der Waals surface area contributed by atoms with Crippen LogP contribution >= 0.6 is 0 Å². The highest BCUT2D eigenvalue weighted by Crippen LogP contribution is 2.38. The summed E-state index contributed by atoms with van der Waals surface area (Å²) in [5, 5.41) is 14.6. The van der Waals surface area contributed by atoms with Crippen LogP contribution in [0.3, 0.4) is 0 Å². The van der Waals surface area contributed by atoms with Gasteiger partial charge in [0, 0.05) is 12.3 Å². The highest BCUT2D eigenvalue weighted by molar-refractivity contribution is 5.90. The molecule has 0 bridgehead atoms. The van der Waals surface area contributed by atoms with E-state index < -0.39 is 0 Å². The second-order valence-corrected chi connectivity index (χ2v) is 5.62. The van der Waals surface area contributed by atoms with Gasteiger partial charge in [-0.25, -0.2) is 19.6 Å². The molecule has 0 spiro atoms. The van der Waals surface area contributed by atoms with Crippen molar-refractivity contribution in [3.8, 4) is 17.5 Å². The van der Waals surface area contributed by atoms with Crippen LogP contribution < -0.4 is 15.2 Å². The lowest BCUT2D eigenvalue weighted by molar-refractivity contribution is 0.0446. The van der Waals surface area contributed by atoms with E-state index in [-0.39, 0.29) is 23.8 Å². The van der Waals surface area contributed by atoms with E-state index in [1.165, 1.54) is 6.33 Å². The molecular formula is C15H16N6O3. The van der Waals surface area contributed by atoms with Gasteiger partial charge in [0.1, 0.15) is 23.3 Å². The monoisotopic (exact) mass is 328 g/mol. The van der Waals surface area contributed by atoms with Crippen molar-refractivity contribution in [3.63, 3.8) is 0 Å². The number of ether oxygens (including phenoxy) is 2. The van der Waals surface area contributed by atoms with Crippen LogP contribution in [-0.2, 0) is 0 Å². The molecule has 3 aromatic rings. The highest BCUT2D eigenvalue weighted by atomic mass is 16.5. The third-order valence-electron chi connectivity index (χ3n) is 4.06. The normalized spacial score (nSPS) is 19.9. The van der Waals surface area contributed by atoms with E-state index in [1.54, 1.807) is 30.1 Å². The van der Waals surface area contributed by atoms with Crippen LogP contribution in [0.25, 0.3) is 11.0 Å². The van der Waals surface area contributed by atoms with E-state index in [1.807, 2.05) is 0 Å². The van der Waals surface area contributed by atoms with Gasteiger partial charge in [0.2, 0.25) is 5.88 Å². The molecule has 9 heteroatoms. The number of aliphatic hydroxyl groups is 1. The number of fused-ring (bicyclic) bond motifs is 1. The molecule has 1 aliphatic rings. The lowest BCUT2D eigenvalue weighted by Crippen LogP contribution is -2.31. The summed E-state index contributed by atoms with van der Waals surface area (Å²) in [5.41, 5.74) is 6.57. The standard InChI is InChI=1S/C15H16N6O3/c1-23-10-2-3-17-11(6-10)24-15-12-13(16)18-7-19-14(12)21(20-15)8-4-9(22)5-8/h2-3,6-9,22H,4-5H2,1H3,(H2,16,18,19)/t8-,9+. The molecule has 3 heterocycles. The van der Waals surface area contributed by atoms with Crippen molar-refractivity contribution in [3.05, 3.63) is 24.7 Å². The van der Waals surface area contributed by atoms with Crippen molar-refractivity contribution >= 4 is 16.9 Å². The maximum absolute atomic E-state index is 9.55. The predicted molar refractivity (Wildman–Crippen MR) is 84.9 cm³/mol. The number of methoxy groups -OCH3 is 1. The SMILES string of the molecule is COc1ccnc(Oc2nn([C@H]3C[C@@H](O)C3)c3ncnc(N)c23)c1. The van der Waals surface area contributed by atoms with E-state index in [4.69, 9.17) is 15.2 Å². The lowest BCUT2D eigenvalue weighted by atomic mass is 9.90. The molecule has 1 fully saturated rings. The molecule has 0 aromatic carbocycles. The molecule has 4 rings (SSSR count). The zero-order chi connectivity index (χ0) is 16.7. The smallest absolute Gasteiger partial charge is 0.253 e. The van der Waals surface area contributed by atoms with E-state index in [0.29, 0.717) is 35.5 Å². The van der Waals surface area contributed by atoms with Crippen molar-refractivity contribution in [2.24, 2.45) is 0 Å². The molecule has 3 aromatic heterocycles. The molecule has 24 heavy (non-hydrogen) atoms. The van der Waals surface area contributed by atoms with Crippen molar-refractivity contribution in [2.45, 2.75) is 25.0 Å². The third-order valence-corrected chi connectivity index (χ3v) is 4.06. The quantitative estimate of drug-likeness (QED) is 0.735. The first-order valence-electron chi connectivity index (χ1n) is 7.50. The predicted octanol–water partition coefficient (Wildman–Crippen LogP) is 1.30. The largest absolute Gasteiger partial charge is 0.497 e. The van der Waals surface area contributed by atoms with Crippen LogP contribution in [-0.4, -0.2) is 43.1 Å². The zero-order valence-corrected chi connectivity index (χ0v) is 13.0. The van der Waals surface area contributed by atoms with Crippen molar-refractivity contribution in [1.82, 2.24) is 24.7 Å². The fraction of sp³-hybridized carbons (Fsp3) is 0.333. The summed E-state index contributed by atoms with van der Waals surface area (Å²) >= 11 is 0. The van der Waals surface area contributed by atoms with Crippen molar-refractivity contribution in [2.75, 3.05) is 12.8 Å². The molecule has 0 amide bonds. The maximum atomic E-state index is 9.55.